The molecular weight excluding hydrogens is 298 g/mol. The third-order valence-corrected chi connectivity index (χ3v) is 4.88. The number of methoxy groups -OCH3 is 1. The Bertz CT molecular complexity index is 592. The van der Waals surface area contributed by atoms with Gasteiger partial charge in [-0.05, 0) is 24.0 Å². The van der Waals surface area contributed by atoms with Crippen molar-refractivity contribution in [1.82, 2.24) is 4.90 Å². The molecule has 1 aliphatic heterocycles. The summed E-state index contributed by atoms with van der Waals surface area (Å²) in [5.74, 6) is 0. The molecule has 1 aliphatic rings. The van der Waals surface area contributed by atoms with Crippen LogP contribution < -0.4 is 0 Å². The SMILES string of the molecule is COCCOC1(c2ccccc2)CCN(Cc2ccccc2)CC1. The van der Waals surface area contributed by atoms with E-state index in [-0.39, 0.29) is 5.60 Å². The number of hydrogen-bond acceptors (Lipinski definition) is 3. The fourth-order valence-corrected chi connectivity index (χ4v) is 3.49. The summed E-state index contributed by atoms with van der Waals surface area (Å²) >= 11 is 0. The summed E-state index contributed by atoms with van der Waals surface area (Å²) in [5.41, 5.74) is 2.50. The Balaban J connectivity index is 1.66. The van der Waals surface area contributed by atoms with Gasteiger partial charge in [0.05, 0.1) is 18.8 Å². The molecule has 24 heavy (non-hydrogen) atoms. The Morgan fingerprint density at radius 2 is 1.50 bits per heavy atom. The van der Waals surface area contributed by atoms with E-state index < -0.39 is 0 Å². The van der Waals surface area contributed by atoms with Crippen LogP contribution in [0.2, 0.25) is 0 Å². The van der Waals surface area contributed by atoms with Crippen LogP contribution in [0.1, 0.15) is 24.0 Å². The van der Waals surface area contributed by atoms with Gasteiger partial charge in [-0.2, -0.15) is 0 Å². The molecule has 0 aromatic heterocycles. The van der Waals surface area contributed by atoms with Gasteiger partial charge in [-0.1, -0.05) is 60.7 Å². The second-order valence-electron chi connectivity index (χ2n) is 6.46. The van der Waals surface area contributed by atoms with Gasteiger partial charge in [0.15, 0.2) is 0 Å². The van der Waals surface area contributed by atoms with Gasteiger partial charge in [-0.3, -0.25) is 4.90 Å². The molecular formula is C21H27NO2. The highest BCUT2D eigenvalue weighted by atomic mass is 16.5. The van der Waals surface area contributed by atoms with Crippen LogP contribution >= 0.6 is 0 Å². The Hall–Kier alpha value is -1.68. The van der Waals surface area contributed by atoms with Gasteiger partial charge in [0.2, 0.25) is 0 Å². The fourth-order valence-electron chi connectivity index (χ4n) is 3.49. The smallest absolute Gasteiger partial charge is 0.0956 e. The van der Waals surface area contributed by atoms with Crippen molar-refractivity contribution in [3.05, 3.63) is 71.8 Å². The molecule has 0 bridgehead atoms. The van der Waals surface area contributed by atoms with E-state index in [2.05, 4.69) is 65.6 Å². The summed E-state index contributed by atoms with van der Waals surface area (Å²) < 4.78 is 11.5. The average molecular weight is 325 g/mol. The van der Waals surface area contributed by atoms with Crippen molar-refractivity contribution in [2.45, 2.75) is 25.0 Å². The first-order valence-electron chi connectivity index (χ1n) is 8.77. The van der Waals surface area contributed by atoms with Gasteiger partial charge in [0.25, 0.3) is 0 Å². The minimum absolute atomic E-state index is 0.174. The maximum Gasteiger partial charge on any atom is 0.0956 e. The zero-order valence-electron chi connectivity index (χ0n) is 14.5. The van der Waals surface area contributed by atoms with E-state index in [1.54, 1.807) is 7.11 Å². The first kappa shape index (κ1) is 17.2. The zero-order valence-corrected chi connectivity index (χ0v) is 14.5. The third kappa shape index (κ3) is 4.23. The van der Waals surface area contributed by atoms with E-state index in [1.807, 2.05) is 0 Å². The van der Waals surface area contributed by atoms with Gasteiger partial charge in [-0.25, -0.2) is 0 Å². The number of benzene rings is 2. The lowest BCUT2D eigenvalue weighted by atomic mass is 9.84. The predicted octanol–water partition coefficient (Wildman–Crippen LogP) is 3.84. The van der Waals surface area contributed by atoms with Crippen molar-refractivity contribution < 1.29 is 9.47 Å². The fraction of sp³-hybridized carbons (Fsp3) is 0.429. The van der Waals surface area contributed by atoms with E-state index in [0.29, 0.717) is 13.2 Å². The molecule has 2 aromatic carbocycles. The minimum atomic E-state index is -0.174. The van der Waals surface area contributed by atoms with Crippen molar-refractivity contribution in [2.75, 3.05) is 33.4 Å². The monoisotopic (exact) mass is 325 g/mol. The number of piperidine rings is 1. The van der Waals surface area contributed by atoms with Gasteiger partial charge in [-0.15, -0.1) is 0 Å². The van der Waals surface area contributed by atoms with Gasteiger partial charge in [0, 0.05) is 26.7 Å². The first-order valence-corrected chi connectivity index (χ1v) is 8.77. The number of nitrogens with zero attached hydrogens (tertiary/aromatic N) is 1. The van der Waals surface area contributed by atoms with Gasteiger partial charge >= 0.3 is 0 Å². The molecule has 2 aromatic rings. The summed E-state index contributed by atoms with van der Waals surface area (Å²) in [7, 11) is 1.72. The molecule has 3 heteroatoms. The van der Waals surface area contributed by atoms with Crippen molar-refractivity contribution in [3.8, 4) is 0 Å². The lowest BCUT2D eigenvalue weighted by molar-refractivity contribution is -0.102. The lowest BCUT2D eigenvalue weighted by Crippen LogP contribution is -2.44. The quantitative estimate of drug-likeness (QED) is 0.722. The highest BCUT2D eigenvalue weighted by Crippen LogP contribution is 2.37. The molecule has 1 fully saturated rings. The van der Waals surface area contributed by atoms with Crippen LogP contribution in [-0.4, -0.2) is 38.3 Å². The Morgan fingerprint density at radius 1 is 0.875 bits per heavy atom. The van der Waals surface area contributed by atoms with E-state index in [1.165, 1.54) is 11.1 Å². The van der Waals surface area contributed by atoms with E-state index in [0.717, 1.165) is 32.5 Å². The topological polar surface area (TPSA) is 21.7 Å². The van der Waals surface area contributed by atoms with Crippen molar-refractivity contribution in [2.24, 2.45) is 0 Å². The molecule has 0 atom stereocenters. The average Bonchev–Trinajstić information content (AvgIpc) is 2.65. The summed E-state index contributed by atoms with van der Waals surface area (Å²) in [6.07, 6.45) is 2.04. The minimum Gasteiger partial charge on any atom is -0.382 e. The molecule has 0 aliphatic carbocycles. The first-order chi connectivity index (χ1) is 11.8. The molecule has 0 amide bonds. The predicted molar refractivity (Wildman–Crippen MR) is 96.9 cm³/mol. The Morgan fingerprint density at radius 3 is 2.12 bits per heavy atom. The summed E-state index contributed by atoms with van der Waals surface area (Å²) in [5, 5.41) is 0. The molecule has 0 unspecified atom stereocenters. The molecule has 0 radical (unpaired) electrons. The van der Waals surface area contributed by atoms with Crippen molar-refractivity contribution in [3.63, 3.8) is 0 Å². The van der Waals surface area contributed by atoms with Crippen LogP contribution in [-0.2, 0) is 21.6 Å². The van der Waals surface area contributed by atoms with Crippen LogP contribution in [0.3, 0.4) is 0 Å². The zero-order chi connectivity index (χ0) is 16.7. The van der Waals surface area contributed by atoms with E-state index in [9.17, 15) is 0 Å². The molecule has 0 saturated carbocycles. The number of rotatable bonds is 7. The summed E-state index contributed by atoms with van der Waals surface area (Å²) in [6.45, 7) is 4.41. The molecule has 0 spiro atoms. The standard InChI is InChI=1S/C21H27NO2/c1-23-16-17-24-21(20-10-6-3-7-11-20)12-14-22(15-13-21)18-19-8-4-2-5-9-19/h2-11H,12-18H2,1H3. The summed E-state index contributed by atoms with van der Waals surface area (Å²) in [4.78, 5) is 2.52. The number of hydrogen-bond donors (Lipinski definition) is 0. The summed E-state index contributed by atoms with van der Waals surface area (Å²) in [6, 6.07) is 21.4. The largest absolute Gasteiger partial charge is 0.382 e. The highest BCUT2D eigenvalue weighted by Gasteiger charge is 2.37. The van der Waals surface area contributed by atoms with Gasteiger partial charge < -0.3 is 9.47 Å². The Kier molecular flexibility index (Phi) is 6.02. The second kappa shape index (κ2) is 8.43. The highest BCUT2D eigenvalue weighted by molar-refractivity contribution is 5.24. The van der Waals surface area contributed by atoms with Crippen LogP contribution in [0, 0.1) is 0 Å². The van der Waals surface area contributed by atoms with Crippen molar-refractivity contribution in [1.29, 1.82) is 0 Å². The van der Waals surface area contributed by atoms with Crippen LogP contribution in [0.4, 0.5) is 0 Å². The van der Waals surface area contributed by atoms with Crippen LogP contribution in [0.15, 0.2) is 60.7 Å². The molecule has 3 nitrogen and oxygen atoms in total. The molecule has 128 valence electrons. The molecule has 3 rings (SSSR count). The van der Waals surface area contributed by atoms with E-state index in [4.69, 9.17) is 9.47 Å². The van der Waals surface area contributed by atoms with Crippen LogP contribution in [0.25, 0.3) is 0 Å². The molecule has 1 saturated heterocycles. The van der Waals surface area contributed by atoms with Gasteiger partial charge in [0.1, 0.15) is 0 Å². The van der Waals surface area contributed by atoms with Crippen molar-refractivity contribution >= 4 is 0 Å². The maximum absolute atomic E-state index is 6.34. The normalized spacial score (nSPS) is 17.7. The van der Waals surface area contributed by atoms with E-state index >= 15 is 0 Å². The number of likely N-dealkylation sites (tertiary alicyclic amines) is 1. The molecule has 1 heterocycles. The third-order valence-electron chi connectivity index (χ3n) is 4.88. The lowest BCUT2D eigenvalue weighted by Gasteiger charge is -2.42. The second-order valence-corrected chi connectivity index (χ2v) is 6.46. The van der Waals surface area contributed by atoms with Crippen LogP contribution in [0.5, 0.6) is 0 Å². The molecule has 0 N–H and O–H groups in total. The number of ether oxygens (including phenoxy) is 2. The maximum atomic E-state index is 6.34. The Labute approximate surface area is 145 Å².